The zero-order valence-corrected chi connectivity index (χ0v) is 22.2. The van der Waals surface area contributed by atoms with Crippen LogP contribution in [0.15, 0.2) is 83.8 Å². The highest BCUT2D eigenvalue weighted by molar-refractivity contribution is 7.83. The van der Waals surface area contributed by atoms with Gasteiger partial charge in [-0.15, -0.1) is 0 Å². The molecule has 7 heteroatoms. The predicted octanol–water partition coefficient (Wildman–Crippen LogP) is 7.06. The SMILES string of the molecule is Cc1cc(OCCCc2c(C(=O)NS(=O)c3ccc4ccccc4c3)[nH]c3ccccc23)cc(C)c1Cl. The van der Waals surface area contributed by atoms with Crippen molar-refractivity contribution in [1.82, 2.24) is 9.71 Å². The molecule has 37 heavy (non-hydrogen) atoms. The first-order valence-corrected chi connectivity index (χ1v) is 13.6. The highest BCUT2D eigenvalue weighted by Gasteiger charge is 2.20. The van der Waals surface area contributed by atoms with Gasteiger partial charge in [0.25, 0.3) is 5.91 Å². The lowest BCUT2D eigenvalue weighted by Gasteiger charge is -2.11. The van der Waals surface area contributed by atoms with Crippen molar-refractivity contribution < 1.29 is 13.7 Å². The number of aryl methyl sites for hydroxylation is 3. The number of ether oxygens (including phenoxy) is 1. The van der Waals surface area contributed by atoms with Crippen LogP contribution in [0.4, 0.5) is 0 Å². The number of aromatic nitrogens is 1. The van der Waals surface area contributed by atoms with Crippen molar-refractivity contribution >= 4 is 50.2 Å². The van der Waals surface area contributed by atoms with E-state index in [1.807, 2.05) is 86.6 Å². The summed E-state index contributed by atoms with van der Waals surface area (Å²) in [5.41, 5.74) is 4.13. The summed E-state index contributed by atoms with van der Waals surface area (Å²) in [5.74, 6) is 0.379. The Morgan fingerprint density at radius 2 is 1.65 bits per heavy atom. The second-order valence-corrected chi connectivity index (χ2v) is 10.6. The van der Waals surface area contributed by atoms with Crippen molar-refractivity contribution in [3.05, 3.63) is 106 Å². The molecule has 5 nitrogen and oxygen atoms in total. The molecule has 0 aliphatic heterocycles. The van der Waals surface area contributed by atoms with Crippen molar-refractivity contribution in [3.63, 3.8) is 0 Å². The topological polar surface area (TPSA) is 71.2 Å². The van der Waals surface area contributed by atoms with E-state index in [-0.39, 0.29) is 0 Å². The largest absolute Gasteiger partial charge is 0.494 e. The van der Waals surface area contributed by atoms with Crippen LogP contribution in [0.2, 0.25) is 5.02 Å². The number of hydrogen-bond donors (Lipinski definition) is 2. The highest BCUT2D eigenvalue weighted by Crippen LogP contribution is 2.27. The zero-order valence-electron chi connectivity index (χ0n) is 20.6. The van der Waals surface area contributed by atoms with Crippen LogP contribution >= 0.6 is 11.6 Å². The number of aromatic amines is 1. The number of rotatable bonds is 8. The lowest BCUT2D eigenvalue weighted by molar-refractivity contribution is 0.0978. The fraction of sp³-hybridized carbons (Fsp3) is 0.167. The summed E-state index contributed by atoms with van der Waals surface area (Å²) in [5, 5.41) is 3.75. The summed E-state index contributed by atoms with van der Waals surface area (Å²) in [4.78, 5) is 17.0. The van der Waals surface area contributed by atoms with E-state index in [0.717, 1.165) is 49.1 Å². The maximum atomic E-state index is 13.3. The molecule has 0 fully saturated rings. The van der Waals surface area contributed by atoms with Crippen LogP contribution < -0.4 is 9.46 Å². The van der Waals surface area contributed by atoms with Gasteiger partial charge in [0.05, 0.1) is 11.5 Å². The number of carbonyl (C=O) groups is 1. The number of hydrogen-bond acceptors (Lipinski definition) is 3. The number of H-pyrrole nitrogens is 1. The number of carbonyl (C=O) groups excluding carboxylic acids is 1. The number of benzene rings is 4. The number of amides is 1. The first-order chi connectivity index (χ1) is 17.9. The van der Waals surface area contributed by atoms with Gasteiger partial charge in [0.15, 0.2) is 11.0 Å². The average Bonchev–Trinajstić information content (AvgIpc) is 3.28. The number of para-hydroxylation sites is 1. The molecule has 1 amide bonds. The van der Waals surface area contributed by atoms with Crippen LogP contribution in [-0.2, 0) is 17.4 Å². The van der Waals surface area contributed by atoms with Gasteiger partial charge in [-0.1, -0.05) is 60.1 Å². The van der Waals surface area contributed by atoms with Gasteiger partial charge in [-0.05, 0) is 84.5 Å². The molecular weight excluding hydrogens is 504 g/mol. The molecule has 2 N–H and O–H groups in total. The lowest BCUT2D eigenvalue weighted by atomic mass is 10.1. The standard InChI is InChI=1S/C30H27ClN2O3S/c1-19-16-23(17-20(2)28(19)31)36-15-7-11-26-25-10-5-6-12-27(25)32-29(26)30(34)33-37(35)24-14-13-21-8-3-4-9-22(21)18-24/h3-6,8-10,12-14,16-18,32H,7,11,15H2,1-2H3,(H,33,34). The lowest BCUT2D eigenvalue weighted by Crippen LogP contribution is -2.27. The van der Waals surface area contributed by atoms with Crippen LogP contribution in [0.1, 0.15) is 33.6 Å². The van der Waals surface area contributed by atoms with Crippen molar-refractivity contribution in [2.45, 2.75) is 31.6 Å². The quantitative estimate of drug-likeness (QED) is 0.211. The summed E-state index contributed by atoms with van der Waals surface area (Å²) in [6.45, 7) is 4.41. The fourth-order valence-corrected chi connectivity index (χ4v) is 5.48. The second kappa shape index (κ2) is 10.8. The van der Waals surface area contributed by atoms with Gasteiger partial charge in [-0.25, -0.2) is 4.21 Å². The molecule has 0 aliphatic rings. The van der Waals surface area contributed by atoms with Gasteiger partial charge in [-0.3, -0.25) is 9.52 Å². The molecule has 1 heterocycles. The van der Waals surface area contributed by atoms with E-state index in [2.05, 4.69) is 9.71 Å². The van der Waals surface area contributed by atoms with Crippen molar-refractivity contribution in [2.75, 3.05) is 6.61 Å². The van der Waals surface area contributed by atoms with Crippen molar-refractivity contribution in [2.24, 2.45) is 0 Å². The fourth-order valence-electron chi connectivity index (χ4n) is 4.56. The second-order valence-electron chi connectivity index (χ2n) is 9.06. The highest BCUT2D eigenvalue weighted by atomic mass is 35.5. The molecular formula is C30H27ClN2O3S. The molecule has 4 aromatic carbocycles. The minimum Gasteiger partial charge on any atom is -0.494 e. The van der Waals surface area contributed by atoms with Gasteiger partial charge >= 0.3 is 0 Å². The Hall–Kier alpha value is -3.61. The molecule has 0 saturated carbocycles. The van der Waals surface area contributed by atoms with E-state index in [9.17, 15) is 9.00 Å². The average molecular weight is 531 g/mol. The smallest absolute Gasteiger partial charge is 0.279 e. The summed E-state index contributed by atoms with van der Waals surface area (Å²) in [6.07, 6.45) is 1.33. The first-order valence-electron chi connectivity index (χ1n) is 12.1. The van der Waals surface area contributed by atoms with Gasteiger partial charge in [0.1, 0.15) is 11.4 Å². The van der Waals surface area contributed by atoms with Crippen LogP contribution in [0.5, 0.6) is 5.75 Å². The number of halogens is 1. The van der Waals surface area contributed by atoms with Gasteiger partial charge in [-0.2, -0.15) is 0 Å². The Kier molecular flexibility index (Phi) is 7.31. The van der Waals surface area contributed by atoms with Gasteiger partial charge in [0.2, 0.25) is 0 Å². The first kappa shape index (κ1) is 25.1. The maximum absolute atomic E-state index is 13.3. The van der Waals surface area contributed by atoms with E-state index >= 15 is 0 Å². The van der Waals surface area contributed by atoms with E-state index in [0.29, 0.717) is 30.0 Å². The molecule has 0 bridgehead atoms. The molecule has 0 spiro atoms. The Bertz CT molecular complexity index is 1620. The van der Waals surface area contributed by atoms with E-state index < -0.39 is 16.9 Å². The normalized spacial score (nSPS) is 12.1. The van der Waals surface area contributed by atoms with Crippen LogP contribution in [0, 0.1) is 13.8 Å². The molecule has 5 aromatic rings. The summed E-state index contributed by atoms with van der Waals surface area (Å²) >= 11 is 6.26. The molecule has 5 rings (SSSR count). The summed E-state index contributed by atoms with van der Waals surface area (Å²) in [6, 6.07) is 25.0. The Labute approximate surface area is 223 Å². The molecule has 188 valence electrons. The monoisotopic (exact) mass is 530 g/mol. The van der Waals surface area contributed by atoms with Crippen LogP contribution in [0.25, 0.3) is 21.7 Å². The Morgan fingerprint density at radius 1 is 0.946 bits per heavy atom. The minimum atomic E-state index is -1.69. The van der Waals surface area contributed by atoms with Crippen molar-refractivity contribution in [3.8, 4) is 5.75 Å². The van der Waals surface area contributed by atoms with Crippen LogP contribution in [-0.4, -0.2) is 21.7 Å². The Morgan fingerprint density at radius 3 is 2.43 bits per heavy atom. The predicted molar refractivity (Wildman–Crippen MR) is 151 cm³/mol. The molecule has 1 atom stereocenters. The third-order valence-electron chi connectivity index (χ3n) is 6.41. The van der Waals surface area contributed by atoms with E-state index in [1.165, 1.54) is 0 Å². The third kappa shape index (κ3) is 5.41. The molecule has 1 unspecified atom stereocenters. The third-order valence-corrected chi connectivity index (χ3v) is 8.06. The summed E-state index contributed by atoms with van der Waals surface area (Å²) < 4.78 is 21.7. The number of fused-ring (bicyclic) bond motifs is 2. The molecule has 0 saturated heterocycles. The van der Waals surface area contributed by atoms with E-state index in [1.54, 1.807) is 6.07 Å². The van der Waals surface area contributed by atoms with Gasteiger partial charge < -0.3 is 9.72 Å². The Balaban J connectivity index is 1.31. The maximum Gasteiger partial charge on any atom is 0.279 e. The van der Waals surface area contributed by atoms with Gasteiger partial charge in [0, 0.05) is 15.9 Å². The molecule has 1 aromatic heterocycles. The zero-order chi connectivity index (χ0) is 25.9. The minimum absolute atomic E-state index is 0.400. The number of nitrogens with one attached hydrogen (secondary N) is 2. The summed E-state index contributed by atoms with van der Waals surface area (Å²) in [7, 11) is -1.69. The van der Waals surface area contributed by atoms with Crippen LogP contribution in [0.3, 0.4) is 0 Å². The van der Waals surface area contributed by atoms with E-state index in [4.69, 9.17) is 16.3 Å². The molecule has 0 aliphatic carbocycles. The van der Waals surface area contributed by atoms with Crippen molar-refractivity contribution in [1.29, 1.82) is 0 Å². The molecule has 0 radical (unpaired) electrons.